The van der Waals surface area contributed by atoms with E-state index in [0.717, 1.165) is 39.1 Å². The van der Waals surface area contributed by atoms with Crippen molar-refractivity contribution in [1.29, 1.82) is 0 Å². The Kier molecular flexibility index (Phi) is 4.42. The van der Waals surface area contributed by atoms with Crippen LogP contribution in [-0.4, -0.2) is 61.7 Å². The normalized spacial score (nSPS) is 39.7. The highest BCUT2D eigenvalue weighted by atomic mass is 16.5. The summed E-state index contributed by atoms with van der Waals surface area (Å²) in [5.41, 5.74) is -0.0372. The highest BCUT2D eigenvalue weighted by molar-refractivity contribution is 4.89. The number of ether oxygens (including phenoxy) is 2. The van der Waals surface area contributed by atoms with Crippen molar-refractivity contribution >= 4 is 0 Å². The number of morpholine rings is 1. The molecule has 0 saturated carbocycles. The first-order valence-corrected chi connectivity index (χ1v) is 6.73. The van der Waals surface area contributed by atoms with Gasteiger partial charge in [-0.1, -0.05) is 6.92 Å². The Hall–Kier alpha value is -0.160. The second-order valence-electron chi connectivity index (χ2n) is 5.60. The van der Waals surface area contributed by atoms with Crippen LogP contribution in [0, 0.1) is 5.41 Å². The van der Waals surface area contributed by atoms with E-state index in [-0.39, 0.29) is 12.0 Å². The summed E-state index contributed by atoms with van der Waals surface area (Å²) < 4.78 is 11.2. The summed E-state index contributed by atoms with van der Waals surface area (Å²) in [5.74, 6) is 0. The largest absolute Gasteiger partial charge is 0.396 e. The molecule has 2 fully saturated rings. The number of rotatable bonds is 4. The van der Waals surface area contributed by atoms with Crippen LogP contribution in [0.2, 0.25) is 0 Å². The predicted molar refractivity (Wildman–Crippen MR) is 66.0 cm³/mol. The molecule has 100 valence electrons. The molecule has 2 heterocycles. The van der Waals surface area contributed by atoms with Crippen LogP contribution in [0.1, 0.15) is 26.7 Å². The molecule has 0 aromatic heterocycles. The van der Waals surface area contributed by atoms with Gasteiger partial charge in [-0.25, -0.2) is 0 Å². The SMILES string of the molecule is CCC1COC(C)CN1CC1(CO)CCOC1. The third kappa shape index (κ3) is 2.99. The van der Waals surface area contributed by atoms with Crippen molar-refractivity contribution in [3.8, 4) is 0 Å². The number of nitrogens with zero attached hydrogens (tertiary/aromatic N) is 1. The minimum atomic E-state index is -0.0372. The summed E-state index contributed by atoms with van der Waals surface area (Å²) in [7, 11) is 0. The first-order chi connectivity index (χ1) is 8.19. The third-order valence-corrected chi connectivity index (χ3v) is 4.11. The van der Waals surface area contributed by atoms with Crippen LogP contribution < -0.4 is 0 Å². The molecule has 0 aromatic rings. The zero-order valence-electron chi connectivity index (χ0n) is 11.0. The van der Waals surface area contributed by atoms with Crippen LogP contribution in [0.15, 0.2) is 0 Å². The van der Waals surface area contributed by atoms with E-state index < -0.39 is 0 Å². The highest BCUT2D eigenvalue weighted by Gasteiger charge is 2.39. The van der Waals surface area contributed by atoms with E-state index in [1.54, 1.807) is 0 Å². The van der Waals surface area contributed by atoms with E-state index in [9.17, 15) is 5.11 Å². The Bertz CT molecular complexity index is 241. The minimum Gasteiger partial charge on any atom is -0.396 e. The molecule has 1 N–H and O–H groups in total. The fourth-order valence-corrected chi connectivity index (χ4v) is 2.86. The Balaban J connectivity index is 1.98. The summed E-state index contributed by atoms with van der Waals surface area (Å²) in [5, 5.41) is 9.63. The summed E-state index contributed by atoms with van der Waals surface area (Å²) in [6, 6.07) is 0.496. The molecular formula is C13H25NO3. The van der Waals surface area contributed by atoms with Crippen LogP contribution in [-0.2, 0) is 9.47 Å². The Morgan fingerprint density at radius 3 is 2.88 bits per heavy atom. The van der Waals surface area contributed by atoms with Crippen molar-refractivity contribution in [2.45, 2.75) is 38.8 Å². The molecule has 0 amide bonds. The summed E-state index contributed by atoms with van der Waals surface area (Å²) >= 11 is 0. The lowest BCUT2D eigenvalue weighted by Gasteiger charge is -2.42. The van der Waals surface area contributed by atoms with Crippen LogP contribution >= 0.6 is 0 Å². The Morgan fingerprint density at radius 1 is 1.47 bits per heavy atom. The van der Waals surface area contributed by atoms with E-state index in [1.165, 1.54) is 0 Å². The van der Waals surface area contributed by atoms with Gasteiger partial charge < -0.3 is 14.6 Å². The van der Waals surface area contributed by atoms with E-state index in [4.69, 9.17) is 9.47 Å². The topological polar surface area (TPSA) is 41.9 Å². The fraction of sp³-hybridized carbons (Fsp3) is 1.00. The molecule has 2 aliphatic heterocycles. The molecule has 2 aliphatic rings. The van der Waals surface area contributed by atoms with Gasteiger partial charge in [0.05, 0.1) is 25.9 Å². The van der Waals surface area contributed by atoms with E-state index >= 15 is 0 Å². The lowest BCUT2D eigenvalue weighted by Crippen LogP contribution is -2.53. The molecule has 0 bridgehead atoms. The molecule has 3 unspecified atom stereocenters. The lowest BCUT2D eigenvalue weighted by molar-refractivity contribution is -0.0753. The first-order valence-electron chi connectivity index (χ1n) is 6.73. The van der Waals surface area contributed by atoms with Gasteiger partial charge in [-0.3, -0.25) is 4.90 Å². The minimum absolute atomic E-state index is 0.0372. The monoisotopic (exact) mass is 243 g/mol. The maximum Gasteiger partial charge on any atom is 0.0674 e. The van der Waals surface area contributed by atoms with Crippen molar-refractivity contribution in [2.75, 3.05) is 39.5 Å². The zero-order valence-corrected chi connectivity index (χ0v) is 11.0. The van der Waals surface area contributed by atoms with Gasteiger partial charge in [0.15, 0.2) is 0 Å². The van der Waals surface area contributed by atoms with Crippen LogP contribution in [0.3, 0.4) is 0 Å². The van der Waals surface area contributed by atoms with Gasteiger partial charge in [0.2, 0.25) is 0 Å². The molecule has 3 atom stereocenters. The van der Waals surface area contributed by atoms with Crippen LogP contribution in [0.4, 0.5) is 0 Å². The zero-order chi connectivity index (χ0) is 12.3. The van der Waals surface area contributed by atoms with Crippen molar-refractivity contribution in [3.05, 3.63) is 0 Å². The van der Waals surface area contributed by atoms with E-state index in [0.29, 0.717) is 18.8 Å². The third-order valence-electron chi connectivity index (χ3n) is 4.11. The number of hydrogen-bond acceptors (Lipinski definition) is 4. The smallest absolute Gasteiger partial charge is 0.0674 e. The maximum absolute atomic E-state index is 9.63. The molecule has 0 spiro atoms. The van der Waals surface area contributed by atoms with Gasteiger partial charge in [0, 0.05) is 31.2 Å². The summed E-state index contributed by atoms with van der Waals surface area (Å²) in [6.07, 6.45) is 2.39. The number of aliphatic hydroxyl groups excluding tert-OH is 1. The average Bonchev–Trinajstić information content (AvgIpc) is 2.79. The predicted octanol–water partition coefficient (Wildman–Crippen LogP) is 0.885. The van der Waals surface area contributed by atoms with Crippen LogP contribution in [0.25, 0.3) is 0 Å². The maximum atomic E-state index is 9.63. The molecule has 2 saturated heterocycles. The van der Waals surface area contributed by atoms with E-state index in [1.807, 2.05) is 0 Å². The van der Waals surface area contributed by atoms with Gasteiger partial charge in [-0.2, -0.15) is 0 Å². The van der Waals surface area contributed by atoms with Gasteiger partial charge in [-0.05, 0) is 19.8 Å². The van der Waals surface area contributed by atoms with Crippen LogP contribution in [0.5, 0.6) is 0 Å². The van der Waals surface area contributed by atoms with Gasteiger partial charge in [0.1, 0.15) is 0 Å². The fourth-order valence-electron chi connectivity index (χ4n) is 2.86. The van der Waals surface area contributed by atoms with E-state index in [2.05, 4.69) is 18.7 Å². The summed E-state index contributed by atoms with van der Waals surface area (Å²) in [6.45, 7) is 8.78. The molecule has 2 rings (SSSR count). The van der Waals surface area contributed by atoms with Gasteiger partial charge >= 0.3 is 0 Å². The van der Waals surface area contributed by atoms with Crippen molar-refractivity contribution < 1.29 is 14.6 Å². The molecular weight excluding hydrogens is 218 g/mol. The van der Waals surface area contributed by atoms with Gasteiger partial charge in [0.25, 0.3) is 0 Å². The highest BCUT2D eigenvalue weighted by Crippen LogP contribution is 2.31. The lowest BCUT2D eigenvalue weighted by atomic mass is 9.87. The Labute approximate surface area is 104 Å². The molecule has 17 heavy (non-hydrogen) atoms. The van der Waals surface area contributed by atoms with Crippen molar-refractivity contribution in [2.24, 2.45) is 5.41 Å². The molecule has 4 nitrogen and oxygen atoms in total. The quantitative estimate of drug-likeness (QED) is 0.796. The van der Waals surface area contributed by atoms with Crippen molar-refractivity contribution in [3.63, 3.8) is 0 Å². The first kappa shape index (κ1) is 13.3. The molecule has 0 aliphatic carbocycles. The Morgan fingerprint density at radius 2 is 2.29 bits per heavy atom. The van der Waals surface area contributed by atoms with Crippen molar-refractivity contribution in [1.82, 2.24) is 4.90 Å². The second-order valence-corrected chi connectivity index (χ2v) is 5.60. The molecule has 0 aromatic carbocycles. The summed E-state index contributed by atoms with van der Waals surface area (Å²) in [4.78, 5) is 2.49. The average molecular weight is 243 g/mol. The molecule has 4 heteroatoms. The van der Waals surface area contributed by atoms with Gasteiger partial charge in [-0.15, -0.1) is 0 Å². The second kappa shape index (κ2) is 5.65. The number of aliphatic hydroxyl groups is 1. The standard InChI is InChI=1S/C13H25NO3/c1-3-12-7-17-11(2)6-14(12)8-13(9-15)4-5-16-10-13/h11-12,15H,3-10H2,1-2H3. The number of hydrogen-bond donors (Lipinski definition) is 1. The molecule has 0 radical (unpaired) electrons.